The van der Waals surface area contributed by atoms with E-state index in [9.17, 15) is 19.2 Å². The number of fused-ring (bicyclic) bond motifs is 4. The number of carbonyl (C=O) groups excluding carboxylic acids is 5. The number of nitrogens with zero attached hydrogens (tertiary/aromatic N) is 8. The van der Waals surface area contributed by atoms with Crippen LogP contribution in [0.2, 0.25) is 0 Å². The summed E-state index contributed by atoms with van der Waals surface area (Å²) < 4.78 is 14.1. The van der Waals surface area contributed by atoms with Gasteiger partial charge in [-0.05, 0) is 81.9 Å². The van der Waals surface area contributed by atoms with Gasteiger partial charge >= 0.3 is 5.97 Å². The van der Waals surface area contributed by atoms with Crippen molar-refractivity contribution < 1.29 is 33.4 Å². The number of thiazole rings is 1. The van der Waals surface area contributed by atoms with E-state index in [4.69, 9.17) is 14.5 Å². The van der Waals surface area contributed by atoms with E-state index in [1.165, 1.54) is 16.2 Å². The van der Waals surface area contributed by atoms with Crippen LogP contribution in [0.1, 0.15) is 89.9 Å². The number of amides is 4. The Kier molecular flexibility index (Phi) is 14.5. The number of likely N-dealkylation sites (tertiary alicyclic amines) is 1. The number of esters is 1. The van der Waals surface area contributed by atoms with Crippen molar-refractivity contribution in [2.24, 2.45) is 22.2 Å². The normalized spacial score (nSPS) is 27.7. The van der Waals surface area contributed by atoms with Crippen LogP contribution < -0.4 is 5.32 Å². The Hall–Kier alpha value is -5.67. The number of hydrogen-bond donors (Lipinski definition) is 1. The molecule has 4 saturated heterocycles. The van der Waals surface area contributed by atoms with Gasteiger partial charge in [0.05, 0.1) is 55.2 Å². The number of benzene rings is 1. The van der Waals surface area contributed by atoms with E-state index >= 15 is 4.79 Å². The van der Waals surface area contributed by atoms with E-state index in [1.54, 1.807) is 23.9 Å². The zero-order chi connectivity index (χ0) is 50.2. The first kappa shape index (κ1) is 50.3. The van der Waals surface area contributed by atoms with Gasteiger partial charge in [0.25, 0.3) is 11.8 Å². The van der Waals surface area contributed by atoms with Crippen molar-refractivity contribution in [1.82, 2.24) is 39.6 Å². The van der Waals surface area contributed by atoms with Gasteiger partial charge in [-0.3, -0.25) is 34.1 Å². The third-order valence-corrected chi connectivity index (χ3v) is 15.9. The molecule has 6 bridgehead atoms. The molecule has 1 unspecified atom stereocenters. The molecular weight excluding hydrogens is 919 g/mol. The van der Waals surface area contributed by atoms with Crippen molar-refractivity contribution in [3.63, 3.8) is 0 Å². The van der Waals surface area contributed by atoms with E-state index < -0.39 is 34.4 Å². The fraction of sp³-hybridized carbons (Fsp3) is 0.574. The van der Waals surface area contributed by atoms with E-state index in [0.29, 0.717) is 70.1 Å². The fourth-order valence-electron chi connectivity index (χ4n) is 11.2. The highest BCUT2D eigenvalue weighted by Gasteiger charge is 2.66. The van der Waals surface area contributed by atoms with Crippen LogP contribution in [0, 0.1) is 29.1 Å². The molecule has 6 aliphatic rings. The van der Waals surface area contributed by atoms with E-state index in [2.05, 4.69) is 82.7 Å². The van der Waals surface area contributed by atoms with Crippen LogP contribution in [0.3, 0.4) is 0 Å². The summed E-state index contributed by atoms with van der Waals surface area (Å²) in [7, 11) is 1.63. The lowest BCUT2D eigenvalue weighted by atomic mass is 9.84. The molecule has 17 heteroatoms. The van der Waals surface area contributed by atoms with Gasteiger partial charge in [0.2, 0.25) is 11.8 Å². The topological polar surface area (TPSA) is 162 Å². The molecule has 2 aromatic heterocycles. The monoisotopic (exact) mass is 988 g/mol. The number of aromatic nitrogens is 2. The van der Waals surface area contributed by atoms with Gasteiger partial charge in [0.15, 0.2) is 5.54 Å². The molecule has 5 atom stereocenters. The molecule has 0 spiro atoms. The smallest absolute Gasteiger partial charge is 0.329 e. The predicted octanol–water partition coefficient (Wildman–Crippen LogP) is 5.35. The minimum Gasteiger partial charge on any atom is -0.464 e. The van der Waals surface area contributed by atoms with Crippen LogP contribution in [-0.2, 0) is 52.8 Å². The zero-order valence-corrected chi connectivity index (χ0v) is 43.2. The predicted molar refractivity (Wildman–Crippen MR) is 274 cm³/mol. The molecule has 71 heavy (non-hydrogen) atoms. The summed E-state index contributed by atoms with van der Waals surface area (Å²) in [6.45, 7) is 17.4. The number of rotatable bonds is 8. The summed E-state index contributed by atoms with van der Waals surface area (Å²) >= 11 is 1.43. The third kappa shape index (κ3) is 10.2. The summed E-state index contributed by atoms with van der Waals surface area (Å²) in [5.74, 6) is 3.15. The Balaban J connectivity index is 1.02. The van der Waals surface area contributed by atoms with Gasteiger partial charge < -0.3 is 29.2 Å². The lowest BCUT2D eigenvalue weighted by Crippen LogP contribution is -2.65. The van der Waals surface area contributed by atoms with Crippen molar-refractivity contribution in [1.29, 1.82) is 0 Å². The molecule has 8 heterocycles. The largest absolute Gasteiger partial charge is 0.464 e. The maximum absolute atomic E-state index is 15.3. The van der Waals surface area contributed by atoms with E-state index in [0.717, 1.165) is 71.5 Å². The number of nitrogens with one attached hydrogen (secondary N) is 1. The highest BCUT2D eigenvalue weighted by Crippen LogP contribution is 2.45. The van der Waals surface area contributed by atoms with E-state index in [-0.39, 0.29) is 49.2 Å². The Morgan fingerprint density at radius 3 is 2.63 bits per heavy atom. The molecule has 0 saturated carbocycles. The number of hydrogen-bond acceptors (Lipinski definition) is 12. The standard InChI is InChI=1S/C54H69N9O7S/c1-8-61-43-17-16-37-28-40(43)41(47(61)38-14-10-9-11-20-55-31-38)29-52(4,5)35-70-51(68)54-19-13-22-62(63(54)34-54)50(67)53(6,30-44-56-42(37)33-71-44)57-48(65)46(36(2)3)58(7)49(66)39-18-23-60(32-39)45(64)15-12-21-59-24-26-69-27-25-59/h11,14,16-17,20,28,31,33,36,39,46H,8-10,13,18-19,21-27,29-30,32,34-35H2,1-7H3,(H,57,65)/b20-11-,38-14+,55-31+/t39-,46-,53-,54-,63?/m0/s1. The van der Waals surface area contributed by atoms with Crippen molar-refractivity contribution >= 4 is 63.6 Å². The molecule has 3 aromatic rings. The van der Waals surface area contributed by atoms with Gasteiger partial charge in [0, 0.05) is 98.0 Å². The lowest BCUT2D eigenvalue weighted by molar-refractivity contribution is -0.163. The number of ether oxygens (including phenoxy) is 2. The van der Waals surface area contributed by atoms with E-state index in [1.807, 2.05) is 36.7 Å². The maximum atomic E-state index is 15.3. The summed E-state index contributed by atoms with van der Waals surface area (Å²) in [4.78, 5) is 86.9. The molecule has 9 rings (SSSR count). The molecule has 4 amide bonds. The Morgan fingerprint density at radius 2 is 1.86 bits per heavy atom. The average Bonchev–Trinajstić information content (AvgIpc) is 3.57. The number of cyclic esters (lactones) is 1. The van der Waals surface area contributed by atoms with Crippen molar-refractivity contribution in [3.05, 3.63) is 58.2 Å². The number of hydrazine groups is 1. The number of allylic oxidation sites excluding steroid dienone is 3. The maximum Gasteiger partial charge on any atom is 0.329 e. The molecule has 0 aliphatic carbocycles. The van der Waals surface area contributed by atoms with Gasteiger partial charge in [-0.2, -0.15) is 5.01 Å². The van der Waals surface area contributed by atoms with Crippen LogP contribution >= 0.6 is 11.3 Å². The number of aryl methyl sites for hydroxylation is 1. The average molecular weight is 988 g/mol. The number of likely N-dealkylation sites (N-methyl/N-ethyl adjacent to an activating group) is 1. The molecule has 16 nitrogen and oxygen atoms in total. The van der Waals surface area contributed by atoms with Gasteiger partial charge in [-0.1, -0.05) is 51.8 Å². The molecule has 1 N–H and O–H groups in total. The molecule has 4 fully saturated rings. The summed E-state index contributed by atoms with van der Waals surface area (Å²) in [6, 6.07) is 5.51. The quantitative estimate of drug-likeness (QED) is 0.177. The SMILES string of the molecule is CCn1c(C2=C\CC\C=C/N=C/2)c2c3cc(ccc31)-c1csc(n1)C[C@](C)(NC(=O)[C@H](C(C)C)N(C)C(=O)[C@H]1CCN(C(=O)C#CCN3CCOCC3)C1)C(=O)N1CCC[C@]3(CN13)C(=O)OCC(C)(C)C2. The second kappa shape index (κ2) is 20.4. The van der Waals surface area contributed by atoms with Crippen LogP contribution in [0.15, 0.2) is 46.9 Å². The third-order valence-electron chi connectivity index (χ3n) is 15.1. The lowest BCUT2D eigenvalue weighted by Gasteiger charge is -2.40. The number of morpholine rings is 1. The number of aliphatic imine (C=N–C) groups is 1. The molecular formula is C54H69N9O7S. The second-order valence-electron chi connectivity index (χ2n) is 21.4. The first-order chi connectivity index (χ1) is 34.0. The van der Waals surface area contributed by atoms with Crippen LogP contribution in [0.25, 0.3) is 27.7 Å². The molecule has 0 radical (unpaired) electrons. The van der Waals surface area contributed by atoms with Crippen molar-refractivity contribution in [2.45, 2.75) is 110 Å². The fourth-order valence-corrected chi connectivity index (χ4v) is 12.2. The highest BCUT2D eigenvalue weighted by atomic mass is 32.1. The summed E-state index contributed by atoms with van der Waals surface area (Å²) in [5.41, 5.74) is 3.11. The van der Waals surface area contributed by atoms with Crippen LogP contribution in [0.5, 0.6) is 0 Å². The Morgan fingerprint density at radius 1 is 1.06 bits per heavy atom. The molecule has 1 aromatic carbocycles. The van der Waals surface area contributed by atoms with Gasteiger partial charge in [-0.15, -0.1) is 11.3 Å². The highest BCUT2D eigenvalue weighted by molar-refractivity contribution is 7.10. The molecule has 378 valence electrons. The summed E-state index contributed by atoms with van der Waals surface area (Å²) in [6.07, 6.45) is 12.2. The minimum absolute atomic E-state index is 0.0682. The van der Waals surface area contributed by atoms with Crippen LogP contribution in [0.4, 0.5) is 0 Å². The summed E-state index contributed by atoms with van der Waals surface area (Å²) in [5, 5.41) is 10.4. The van der Waals surface area contributed by atoms with Crippen molar-refractivity contribution in [2.75, 3.05) is 72.7 Å². The Bertz CT molecular complexity index is 2740. The van der Waals surface area contributed by atoms with Crippen molar-refractivity contribution in [3.8, 4) is 23.1 Å². The first-order valence-corrected chi connectivity index (χ1v) is 26.3. The number of carbonyl (C=O) groups is 5. The minimum atomic E-state index is -1.53. The Labute approximate surface area is 421 Å². The second-order valence-corrected chi connectivity index (χ2v) is 22.4. The van der Waals surface area contributed by atoms with Gasteiger partial charge in [0.1, 0.15) is 11.6 Å². The van der Waals surface area contributed by atoms with Crippen LogP contribution in [-0.4, -0.2) is 160 Å². The molecule has 6 aliphatic heterocycles. The zero-order valence-electron chi connectivity index (χ0n) is 42.4. The first-order valence-electron chi connectivity index (χ1n) is 25.4. The van der Waals surface area contributed by atoms with Gasteiger partial charge in [-0.25, -0.2) is 9.78 Å².